The van der Waals surface area contributed by atoms with Crippen molar-refractivity contribution in [1.29, 1.82) is 0 Å². The van der Waals surface area contributed by atoms with Crippen LogP contribution in [-0.2, 0) is 6.42 Å². The third kappa shape index (κ3) is 2.93. The molecule has 3 rings (SSSR count). The van der Waals surface area contributed by atoms with Gasteiger partial charge in [0, 0.05) is 22.4 Å². The zero-order valence-corrected chi connectivity index (χ0v) is 12.8. The molecule has 21 heavy (non-hydrogen) atoms. The maximum absolute atomic E-state index is 13.8. The van der Waals surface area contributed by atoms with E-state index in [-0.39, 0.29) is 5.56 Å². The fourth-order valence-electron chi connectivity index (χ4n) is 2.46. The predicted octanol–water partition coefficient (Wildman–Crippen LogP) is 4.20. The highest BCUT2D eigenvalue weighted by Crippen LogP contribution is 2.26. The smallest absolute Gasteiger partial charge is 0.259 e. The molecule has 0 saturated heterocycles. The highest BCUT2D eigenvalue weighted by molar-refractivity contribution is 9.10. The lowest BCUT2D eigenvalue weighted by Gasteiger charge is -2.19. The minimum atomic E-state index is -0.540. The number of aryl methyl sites for hydroxylation is 1. The maximum atomic E-state index is 13.8. The number of hydrogen-bond acceptors (Lipinski definition) is 2. The third-order valence-electron chi connectivity index (χ3n) is 3.49. The molecule has 2 N–H and O–H groups in total. The molecule has 1 heterocycles. The lowest BCUT2D eigenvalue weighted by molar-refractivity contribution is 0.102. The van der Waals surface area contributed by atoms with Gasteiger partial charge < -0.3 is 10.6 Å². The molecule has 1 aliphatic heterocycles. The second-order valence-electron chi connectivity index (χ2n) is 4.95. The Morgan fingerprint density at radius 3 is 2.95 bits per heavy atom. The van der Waals surface area contributed by atoms with Crippen LogP contribution in [0.2, 0.25) is 0 Å². The van der Waals surface area contributed by atoms with Gasteiger partial charge in [-0.25, -0.2) is 4.39 Å². The molecule has 5 heteroatoms. The number of rotatable bonds is 2. The Labute approximate surface area is 130 Å². The van der Waals surface area contributed by atoms with Crippen molar-refractivity contribution >= 4 is 33.2 Å². The van der Waals surface area contributed by atoms with Crippen LogP contribution in [0, 0.1) is 5.82 Å². The third-order valence-corrected chi connectivity index (χ3v) is 4.15. The number of halogens is 2. The van der Waals surface area contributed by atoms with Crippen molar-refractivity contribution in [2.45, 2.75) is 12.8 Å². The average molecular weight is 349 g/mol. The van der Waals surface area contributed by atoms with Gasteiger partial charge in [-0.2, -0.15) is 0 Å². The summed E-state index contributed by atoms with van der Waals surface area (Å²) in [6, 6.07) is 10.2. The molecule has 0 bridgehead atoms. The highest BCUT2D eigenvalue weighted by atomic mass is 79.9. The van der Waals surface area contributed by atoms with E-state index in [0.29, 0.717) is 10.2 Å². The lowest BCUT2D eigenvalue weighted by atomic mass is 10.0. The summed E-state index contributed by atoms with van der Waals surface area (Å²) in [5.41, 5.74) is 2.98. The van der Waals surface area contributed by atoms with Gasteiger partial charge in [0.25, 0.3) is 5.91 Å². The van der Waals surface area contributed by atoms with Crippen LogP contribution < -0.4 is 10.6 Å². The molecule has 108 valence electrons. The number of anilines is 2. The minimum Gasteiger partial charge on any atom is -0.385 e. The van der Waals surface area contributed by atoms with Gasteiger partial charge in [-0.05, 0) is 64.7 Å². The Morgan fingerprint density at radius 2 is 2.14 bits per heavy atom. The molecule has 1 amide bonds. The summed E-state index contributed by atoms with van der Waals surface area (Å²) in [6.07, 6.45) is 2.05. The van der Waals surface area contributed by atoms with E-state index in [2.05, 4.69) is 26.6 Å². The summed E-state index contributed by atoms with van der Waals surface area (Å²) >= 11 is 3.21. The molecule has 0 fully saturated rings. The molecule has 2 aromatic carbocycles. The molecular weight excluding hydrogens is 335 g/mol. The maximum Gasteiger partial charge on any atom is 0.259 e. The number of nitrogens with one attached hydrogen (secondary N) is 2. The van der Waals surface area contributed by atoms with Crippen LogP contribution in [0.5, 0.6) is 0 Å². The first-order valence-electron chi connectivity index (χ1n) is 6.77. The first-order chi connectivity index (χ1) is 10.1. The van der Waals surface area contributed by atoms with Crippen molar-refractivity contribution in [3.63, 3.8) is 0 Å². The number of benzene rings is 2. The zero-order chi connectivity index (χ0) is 14.8. The van der Waals surface area contributed by atoms with Gasteiger partial charge >= 0.3 is 0 Å². The van der Waals surface area contributed by atoms with Crippen LogP contribution in [0.25, 0.3) is 0 Å². The molecule has 0 atom stereocenters. The summed E-state index contributed by atoms with van der Waals surface area (Å²) in [6.45, 7) is 0.973. The van der Waals surface area contributed by atoms with E-state index in [9.17, 15) is 9.18 Å². The topological polar surface area (TPSA) is 41.1 Å². The number of carbonyl (C=O) groups excluding carboxylic acids is 1. The Bertz CT molecular complexity index is 682. The SMILES string of the molecule is O=C(Nc1ccc2c(c1)CCCN2)c1c(F)cccc1Br. The quantitative estimate of drug-likeness (QED) is 0.853. The van der Waals surface area contributed by atoms with E-state index >= 15 is 0 Å². The van der Waals surface area contributed by atoms with Gasteiger partial charge in [-0.15, -0.1) is 0 Å². The van der Waals surface area contributed by atoms with E-state index in [1.807, 2.05) is 18.2 Å². The Morgan fingerprint density at radius 1 is 1.29 bits per heavy atom. The van der Waals surface area contributed by atoms with Gasteiger partial charge in [-0.1, -0.05) is 6.07 Å². The normalized spacial score (nSPS) is 13.2. The van der Waals surface area contributed by atoms with Crippen molar-refractivity contribution in [2.75, 3.05) is 17.2 Å². The van der Waals surface area contributed by atoms with Crippen molar-refractivity contribution in [2.24, 2.45) is 0 Å². The Hall–Kier alpha value is -1.88. The van der Waals surface area contributed by atoms with Gasteiger partial charge in [0.1, 0.15) is 5.82 Å². The van der Waals surface area contributed by atoms with Crippen LogP contribution >= 0.6 is 15.9 Å². The first-order valence-corrected chi connectivity index (χ1v) is 7.56. The molecule has 0 unspecified atom stereocenters. The number of hydrogen-bond donors (Lipinski definition) is 2. The van der Waals surface area contributed by atoms with E-state index < -0.39 is 11.7 Å². The van der Waals surface area contributed by atoms with Crippen LogP contribution in [0.1, 0.15) is 22.3 Å². The molecule has 0 spiro atoms. The van der Waals surface area contributed by atoms with E-state index in [0.717, 1.165) is 25.1 Å². The standard InChI is InChI=1S/C16H14BrFN2O/c17-12-4-1-5-13(18)15(12)16(21)20-11-6-7-14-10(9-11)3-2-8-19-14/h1,4-7,9,19H,2-3,8H2,(H,20,21). The second-order valence-corrected chi connectivity index (χ2v) is 5.81. The van der Waals surface area contributed by atoms with Crippen molar-refractivity contribution < 1.29 is 9.18 Å². The average Bonchev–Trinajstić information content (AvgIpc) is 2.47. The van der Waals surface area contributed by atoms with Crippen LogP contribution in [0.4, 0.5) is 15.8 Å². The summed E-state index contributed by atoms with van der Waals surface area (Å²) < 4.78 is 14.2. The van der Waals surface area contributed by atoms with Gasteiger partial charge in [0.2, 0.25) is 0 Å². The lowest BCUT2D eigenvalue weighted by Crippen LogP contribution is -2.16. The van der Waals surface area contributed by atoms with E-state index in [1.54, 1.807) is 12.1 Å². The molecule has 0 radical (unpaired) electrons. The molecule has 0 aliphatic carbocycles. The fourth-order valence-corrected chi connectivity index (χ4v) is 2.98. The van der Waals surface area contributed by atoms with Crippen LogP contribution in [-0.4, -0.2) is 12.5 Å². The van der Waals surface area contributed by atoms with Crippen molar-refractivity contribution in [3.05, 3.63) is 57.8 Å². The van der Waals surface area contributed by atoms with Crippen LogP contribution in [0.15, 0.2) is 40.9 Å². The monoisotopic (exact) mass is 348 g/mol. The fraction of sp³-hybridized carbons (Fsp3) is 0.188. The highest BCUT2D eigenvalue weighted by Gasteiger charge is 2.16. The molecule has 1 aliphatic rings. The predicted molar refractivity (Wildman–Crippen MR) is 85.3 cm³/mol. The molecule has 3 nitrogen and oxygen atoms in total. The van der Waals surface area contributed by atoms with Gasteiger partial charge in [0.15, 0.2) is 0 Å². The number of fused-ring (bicyclic) bond motifs is 1. The Balaban J connectivity index is 1.85. The largest absolute Gasteiger partial charge is 0.385 e. The van der Waals surface area contributed by atoms with Crippen molar-refractivity contribution in [1.82, 2.24) is 0 Å². The van der Waals surface area contributed by atoms with E-state index in [1.165, 1.54) is 11.6 Å². The van der Waals surface area contributed by atoms with Crippen LogP contribution in [0.3, 0.4) is 0 Å². The number of carbonyl (C=O) groups is 1. The van der Waals surface area contributed by atoms with Gasteiger partial charge in [-0.3, -0.25) is 4.79 Å². The molecule has 0 aromatic heterocycles. The summed E-state index contributed by atoms with van der Waals surface area (Å²) in [4.78, 5) is 12.2. The Kier molecular flexibility index (Phi) is 3.92. The second kappa shape index (κ2) is 5.85. The first kappa shape index (κ1) is 14.1. The summed E-state index contributed by atoms with van der Waals surface area (Å²) in [7, 11) is 0. The zero-order valence-electron chi connectivity index (χ0n) is 11.2. The van der Waals surface area contributed by atoms with Gasteiger partial charge in [0.05, 0.1) is 5.56 Å². The number of amides is 1. The van der Waals surface area contributed by atoms with Crippen molar-refractivity contribution in [3.8, 4) is 0 Å². The molecule has 0 saturated carbocycles. The minimum absolute atomic E-state index is 0.0216. The summed E-state index contributed by atoms with van der Waals surface area (Å²) in [5.74, 6) is -0.995. The van der Waals surface area contributed by atoms with E-state index in [4.69, 9.17) is 0 Å². The molecule has 2 aromatic rings. The molecular formula is C16H14BrFN2O. The summed E-state index contributed by atoms with van der Waals surface area (Å²) in [5, 5.41) is 6.07.